The first kappa shape index (κ1) is 6.40. The molecule has 0 heterocycles. The fourth-order valence-corrected chi connectivity index (χ4v) is 0.393. The third-order valence-electron chi connectivity index (χ3n) is 0.655. The largest absolute Gasteiger partial charge is 0.274 e. The van der Waals surface area contributed by atoms with Gasteiger partial charge in [0.15, 0.2) is 0 Å². The van der Waals surface area contributed by atoms with E-state index in [1.807, 2.05) is 0 Å². The van der Waals surface area contributed by atoms with E-state index < -0.39 is 0 Å². The van der Waals surface area contributed by atoms with Gasteiger partial charge in [-0.1, -0.05) is 24.3 Å². The molecule has 1 aliphatic rings. The molecule has 0 radical (unpaired) electrons. The maximum atomic E-state index is 4.00. The van der Waals surface area contributed by atoms with E-state index in [0.29, 0.717) is 0 Å². The molecule has 2 heteroatoms. The van der Waals surface area contributed by atoms with Crippen molar-refractivity contribution < 1.29 is 0 Å². The Balaban J connectivity index is 0.000000162. The Hall–Kier alpha value is -0.600. The molecule has 40 valence electrons. The number of allylic oxidation sites excluding steroid dienone is 4. The predicted octanol–water partition coefficient (Wildman–Crippen LogP) is 0.321. The van der Waals surface area contributed by atoms with Crippen molar-refractivity contribution in [1.29, 1.82) is 0 Å². The molecule has 0 bridgehead atoms. The average molecular weight is 98.1 g/mol. The zero-order valence-corrected chi connectivity index (χ0v) is 4.17. The summed E-state index contributed by atoms with van der Waals surface area (Å²) in [4.78, 5) is 0. The molecule has 1 rings (SSSR count). The molecular formula is C5H10N2. The van der Waals surface area contributed by atoms with Crippen LogP contribution in [0.2, 0.25) is 0 Å². The van der Waals surface area contributed by atoms with Crippen LogP contribution in [-0.4, -0.2) is 0 Å². The first-order valence-corrected chi connectivity index (χ1v) is 2.15. The molecule has 0 saturated heterocycles. The Kier molecular flexibility index (Phi) is 4.94. The van der Waals surface area contributed by atoms with Gasteiger partial charge in [-0.2, -0.15) is 0 Å². The highest BCUT2D eigenvalue weighted by atomic mass is 15.0. The van der Waals surface area contributed by atoms with Crippen LogP contribution in [0.4, 0.5) is 0 Å². The van der Waals surface area contributed by atoms with Crippen LogP contribution >= 0.6 is 0 Å². The van der Waals surface area contributed by atoms with Crippen LogP contribution in [0.5, 0.6) is 0 Å². The number of nitrogens with two attached hydrogens (primary N) is 2. The van der Waals surface area contributed by atoms with Crippen molar-refractivity contribution in [1.82, 2.24) is 0 Å². The van der Waals surface area contributed by atoms with Crippen LogP contribution in [0.25, 0.3) is 0 Å². The van der Waals surface area contributed by atoms with Crippen molar-refractivity contribution in [2.24, 2.45) is 11.7 Å². The second kappa shape index (κ2) is 5.40. The molecule has 0 fully saturated rings. The van der Waals surface area contributed by atoms with Crippen molar-refractivity contribution in [2.45, 2.75) is 6.42 Å². The van der Waals surface area contributed by atoms with Gasteiger partial charge < -0.3 is 0 Å². The lowest BCUT2D eigenvalue weighted by molar-refractivity contribution is 1.26. The van der Waals surface area contributed by atoms with E-state index in [9.17, 15) is 0 Å². The summed E-state index contributed by atoms with van der Waals surface area (Å²) in [6.45, 7) is 0. The Morgan fingerprint density at radius 1 is 1.00 bits per heavy atom. The summed E-state index contributed by atoms with van der Waals surface area (Å²) in [5, 5.41) is 0. The Labute approximate surface area is 43.5 Å². The second-order valence-electron chi connectivity index (χ2n) is 1.09. The van der Waals surface area contributed by atoms with Gasteiger partial charge in [0.25, 0.3) is 0 Å². The zero-order chi connectivity index (χ0) is 5.54. The topological polar surface area (TPSA) is 52.0 Å². The summed E-state index contributed by atoms with van der Waals surface area (Å²) in [7, 11) is 0. The normalized spacial score (nSPS) is 13.4. The Morgan fingerprint density at radius 2 is 1.43 bits per heavy atom. The van der Waals surface area contributed by atoms with Crippen LogP contribution in [-0.2, 0) is 0 Å². The maximum Gasteiger partial charge on any atom is -0.0163 e. The molecule has 0 spiro atoms. The van der Waals surface area contributed by atoms with Crippen LogP contribution in [0.3, 0.4) is 0 Å². The van der Waals surface area contributed by atoms with E-state index >= 15 is 0 Å². The van der Waals surface area contributed by atoms with Gasteiger partial charge in [0.05, 0.1) is 0 Å². The average Bonchev–Trinajstić information content (AvgIpc) is 2.23. The second-order valence-corrected chi connectivity index (χ2v) is 1.09. The number of hydrogen-bond donors (Lipinski definition) is 2. The van der Waals surface area contributed by atoms with Gasteiger partial charge in [-0.05, 0) is 6.42 Å². The molecular weight excluding hydrogens is 88.1 g/mol. The molecule has 7 heavy (non-hydrogen) atoms. The summed E-state index contributed by atoms with van der Waals surface area (Å²) in [5.74, 6) is 8.00. The van der Waals surface area contributed by atoms with Crippen LogP contribution in [0.15, 0.2) is 24.3 Å². The SMILES string of the molecule is C1=CCC=C1.NN. The van der Waals surface area contributed by atoms with Crippen molar-refractivity contribution in [3.63, 3.8) is 0 Å². The summed E-state index contributed by atoms with van der Waals surface area (Å²) < 4.78 is 0. The van der Waals surface area contributed by atoms with E-state index in [1.165, 1.54) is 0 Å². The van der Waals surface area contributed by atoms with Crippen LogP contribution < -0.4 is 11.7 Å². The molecule has 1 aliphatic carbocycles. The van der Waals surface area contributed by atoms with Gasteiger partial charge in [0.2, 0.25) is 0 Å². The van der Waals surface area contributed by atoms with E-state index in [-0.39, 0.29) is 0 Å². The maximum absolute atomic E-state index is 4.00. The molecule has 4 N–H and O–H groups in total. The van der Waals surface area contributed by atoms with Crippen LogP contribution in [0.1, 0.15) is 6.42 Å². The fourth-order valence-electron chi connectivity index (χ4n) is 0.393. The molecule has 2 nitrogen and oxygen atoms in total. The lowest BCUT2D eigenvalue weighted by Gasteiger charge is -1.57. The van der Waals surface area contributed by atoms with Gasteiger partial charge in [-0.3, -0.25) is 11.7 Å². The Morgan fingerprint density at radius 3 is 1.57 bits per heavy atom. The molecule has 0 unspecified atom stereocenters. The van der Waals surface area contributed by atoms with Gasteiger partial charge in [-0.15, -0.1) is 0 Å². The van der Waals surface area contributed by atoms with Gasteiger partial charge in [-0.25, -0.2) is 0 Å². The predicted molar refractivity (Wildman–Crippen MR) is 31.3 cm³/mol. The molecule has 0 aromatic heterocycles. The van der Waals surface area contributed by atoms with Crippen molar-refractivity contribution >= 4 is 0 Å². The van der Waals surface area contributed by atoms with E-state index in [1.54, 1.807) is 0 Å². The first-order chi connectivity index (χ1) is 3.50. The number of hydrazine groups is 1. The summed E-state index contributed by atoms with van der Waals surface area (Å²) >= 11 is 0. The monoisotopic (exact) mass is 98.1 g/mol. The highest BCUT2D eigenvalue weighted by Crippen LogP contribution is 1.93. The third-order valence-corrected chi connectivity index (χ3v) is 0.655. The summed E-state index contributed by atoms with van der Waals surface area (Å²) in [6, 6.07) is 0. The number of hydrogen-bond acceptors (Lipinski definition) is 2. The molecule has 0 aliphatic heterocycles. The van der Waals surface area contributed by atoms with Gasteiger partial charge in [0.1, 0.15) is 0 Å². The highest BCUT2D eigenvalue weighted by Gasteiger charge is 1.72. The molecule has 0 atom stereocenters. The summed E-state index contributed by atoms with van der Waals surface area (Å²) in [6.07, 6.45) is 9.50. The quantitative estimate of drug-likeness (QED) is 0.338. The smallest absolute Gasteiger partial charge is 0.0163 e. The van der Waals surface area contributed by atoms with Crippen molar-refractivity contribution in [3.05, 3.63) is 24.3 Å². The van der Waals surface area contributed by atoms with Gasteiger partial charge in [0, 0.05) is 0 Å². The fraction of sp³-hybridized carbons (Fsp3) is 0.200. The minimum atomic E-state index is 1.14. The molecule has 0 aromatic rings. The molecule has 0 aromatic carbocycles. The minimum Gasteiger partial charge on any atom is -0.274 e. The van der Waals surface area contributed by atoms with Crippen molar-refractivity contribution in [3.8, 4) is 0 Å². The number of rotatable bonds is 0. The summed E-state index contributed by atoms with van der Waals surface area (Å²) in [5.41, 5.74) is 0. The lowest BCUT2D eigenvalue weighted by atomic mass is 10.5. The zero-order valence-electron chi connectivity index (χ0n) is 4.17. The van der Waals surface area contributed by atoms with Crippen molar-refractivity contribution in [2.75, 3.05) is 0 Å². The Bertz CT molecular complexity index is 64.1. The first-order valence-electron chi connectivity index (χ1n) is 2.15. The standard InChI is InChI=1S/C5H6.H4N2/c1-2-4-5-3-1;1-2/h1-4H,5H2;1-2H2. The van der Waals surface area contributed by atoms with E-state index in [0.717, 1.165) is 6.42 Å². The third kappa shape index (κ3) is 3.22. The van der Waals surface area contributed by atoms with E-state index in [2.05, 4.69) is 36.0 Å². The van der Waals surface area contributed by atoms with Crippen LogP contribution in [0, 0.1) is 0 Å². The van der Waals surface area contributed by atoms with Gasteiger partial charge >= 0.3 is 0 Å². The molecule has 0 saturated carbocycles. The lowest BCUT2D eigenvalue weighted by Crippen LogP contribution is -2.02. The minimum absolute atomic E-state index is 1.14. The highest BCUT2D eigenvalue weighted by molar-refractivity contribution is 5.11. The molecule has 0 amide bonds. The van der Waals surface area contributed by atoms with E-state index in [4.69, 9.17) is 0 Å².